The van der Waals surface area contributed by atoms with Crippen molar-refractivity contribution in [1.29, 1.82) is 0 Å². The quantitative estimate of drug-likeness (QED) is 0.218. The highest BCUT2D eigenvalue weighted by Gasteiger charge is 2.39. The monoisotopic (exact) mass is 514 g/mol. The summed E-state index contributed by atoms with van der Waals surface area (Å²) >= 11 is 0. The van der Waals surface area contributed by atoms with E-state index in [4.69, 9.17) is 0 Å². The van der Waals surface area contributed by atoms with E-state index in [-0.39, 0.29) is 43.7 Å². The maximum Gasteiger partial charge on any atom is 0.416 e. The third-order valence-corrected chi connectivity index (χ3v) is 6.95. The highest BCUT2D eigenvalue weighted by Crippen LogP contribution is 2.37. The van der Waals surface area contributed by atoms with Crippen LogP contribution in [-0.4, -0.2) is 41.2 Å². The first kappa shape index (κ1) is 27.0. The van der Waals surface area contributed by atoms with Gasteiger partial charge in [-0.25, -0.2) is 4.39 Å². The molecule has 2 N–H and O–H groups in total. The Hall–Kier alpha value is -3.07. The first-order chi connectivity index (χ1) is 17.7. The molecule has 0 aliphatic carbocycles. The van der Waals surface area contributed by atoms with E-state index >= 15 is 4.39 Å². The summed E-state index contributed by atoms with van der Waals surface area (Å²) in [6.45, 7) is 0.698. The second-order valence-corrected chi connectivity index (χ2v) is 9.47. The molecule has 1 fully saturated rings. The molecule has 1 heterocycles. The maximum atomic E-state index is 15.5. The summed E-state index contributed by atoms with van der Waals surface area (Å²) in [5.74, 6) is -0.211. The molecule has 8 heteroatoms. The minimum Gasteiger partial charge on any atom is -0.385 e. The number of likely N-dealkylation sites (tertiary alicyclic amines) is 1. The van der Waals surface area contributed by atoms with Crippen LogP contribution >= 0.6 is 0 Å². The molecule has 196 valence electrons. The number of aliphatic hydroxyl groups is 1. The summed E-state index contributed by atoms with van der Waals surface area (Å²) in [7, 11) is 0. The zero-order chi connectivity index (χ0) is 26.5. The van der Waals surface area contributed by atoms with Gasteiger partial charge in [-0.1, -0.05) is 72.8 Å². The number of piperidine rings is 1. The first-order valence-corrected chi connectivity index (χ1v) is 12.3. The van der Waals surface area contributed by atoms with Crippen molar-refractivity contribution in [3.8, 4) is 0 Å². The van der Waals surface area contributed by atoms with Crippen LogP contribution < -0.4 is 5.32 Å². The Labute approximate surface area is 213 Å². The summed E-state index contributed by atoms with van der Waals surface area (Å²) in [5, 5.41) is 14.3. The minimum absolute atomic E-state index is 0.0868. The molecule has 3 aromatic carbocycles. The lowest BCUT2D eigenvalue weighted by atomic mass is 9.83. The van der Waals surface area contributed by atoms with E-state index in [2.05, 4.69) is 5.32 Å². The van der Waals surface area contributed by atoms with Crippen LogP contribution in [-0.2, 0) is 18.3 Å². The van der Waals surface area contributed by atoms with Crippen molar-refractivity contribution in [2.24, 2.45) is 0 Å². The van der Waals surface area contributed by atoms with Gasteiger partial charge in [0.1, 0.15) is 0 Å². The van der Waals surface area contributed by atoms with Gasteiger partial charge in [-0.05, 0) is 36.1 Å². The third-order valence-electron chi connectivity index (χ3n) is 6.95. The average Bonchev–Trinajstić information content (AvgIpc) is 2.91. The smallest absolute Gasteiger partial charge is 0.385 e. The Balaban J connectivity index is 1.42. The number of benzene rings is 3. The number of Topliss-reactive ketones (excluding diaryl/α,β-unsaturated/α-hetero) is 1. The molecule has 2 unspecified atom stereocenters. The highest BCUT2D eigenvalue weighted by atomic mass is 19.4. The predicted molar refractivity (Wildman–Crippen MR) is 134 cm³/mol. The lowest BCUT2D eigenvalue weighted by Crippen LogP contribution is -2.48. The second kappa shape index (κ2) is 11.5. The van der Waals surface area contributed by atoms with Crippen LogP contribution in [0.3, 0.4) is 0 Å². The summed E-state index contributed by atoms with van der Waals surface area (Å²) in [6, 6.07) is 22.1. The largest absolute Gasteiger partial charge is 0.416 e. The van der Waals surface area contributed by atoms with E-state index in [0.29, 0.717) is 12.1 Å². The summed E-state index contributed by atoms with van der Waals surface area (Å²) in [6.07, 6.45) is -5.90. The van der Waals surface area contributed by atoms with Crippen LogP contribution in [0.15, 0.2) is 84.9 Å². The molecule has 1 aliphatic rings. The van der Waals surface area contributed by atoms with Crippen LogP contribution in [0.1, 0.15) is 46.3 Å². The number of carbonyl (C=O) groups is 1. The van der Waals surface area contributed by atoms with E-state index in [1.165, 1.54) is 17.0 Å². The number of carbonyl (C=O) groups excluding carboxylic acids is 1. The predicted octanol–water partition coefficient (Wildman–Crippen LogP) is 5.72. The molecule has 0 spiro atoms. The average molecular weight is 515 g/mol. The molecule has 0 radical (unpaired) electrons. The van der Waals surface area contributed by atoms with E-state index in [1.54, 1.807) is 30.3 Å². The topological polar surface area (TPSA) is 52.6 Å². The Morgan fingerprint density at radius 2 is 1.57 bits per heavy atom. The fourth-order valence-electron chi connectivity index (χ4n) is 4.71. The molecule has 0 amide bonds. The number of halogens is 4. The fourth-order valence-corrected chi connectivity index (χ4v) is 4.71. The molecule has 1 aliphatic heterocycles. The molecule has 37 heavy (non-hydrogen) atoms. The Morgan fingerprint density at radius 1 is 0.946 bits per heavy atom. The van der Waals surface area contributed by atoms with Crippen LogP contribution in [0.4, 0.5) is 17.6 Å². The van der Waals surface area contributed by atoms with Gasteiger partial charge in [-0.15, -0.1) is 0 Å². The van der Waals surface area contributed by atoms with Crippen molar-refractivity contribution in [2.45, 2.75) is 49.9 Å². The van der Waals surface area contributed by atoms with E-state index in [0.717, 1.165) is 17.7 Å². The lowest BCUT2D eigenvalue weighted by molar-refractivity contribution is -0.137. The van der Waals surface area contributed by atoms with Crippen molar-refractivity contribution in [2.75, 3.05) is 13.1 Å². The Kier molecular flexibility index (Phi) is 8.42. The van der Waals surface area contributed by atoms with Crippen molar-refractivity contribution in [3.63, 3.8) is 0 Å². The van der Waals surface area contributed by atoms with Gasteiger partial charge in [0.15, 0.2) is 12.1 Å². The van der Waals surface area contributed by atoms with Crippen molar-refractivity contribution in [1.82, 2.24) is 10.2 Å². The molecule has 0 aromatic heterocycles. The standard InChI is InChI=1S/C29H30F4N2O2/c30-26(35-16-14-28(37,15-17-35)23-12-7-13-24(18-23)29(31,32)33)19-25(27(36)22-10-5-2-6-11-22)34-20-21-8-3-1-4-9-21/h1-13,18,25-26,34,37H,14-17,19-20H2. The number of ketones is 1. The Bertz CT molecular complexity index is 1160. The van der Waals surface area contributed by atoms with Crippen molar-refractivity contribution in [3.05, 3.63) is 107 Å². The van der Waals surface area contributed by atoms with Gasteiger partial charge in [0, 0.05) is 31.6 Å². The molecule has 0 bridgehead atoms. The van der Waals surface area contributed by atoms with Gasteiger partial charge in [-0.2, -0.15) is 13.2 Å². The third kappa shape index (κ3) is 6.83. The van der Waals surface area contributed by atoms with Crippen LogP contribution in [0, 0.1) is 0 Å². The van der Waals surface area contributed by atoms with Gasteiger partial charge >= 0.3 is 6.18 Å². The number of alkyl halides is 4. The van der Waals surface area contributed by atoms with E-state index < -0.39 is 29.7 Å². The van der Waals surface area contributed by atoms with Crippen LogP contribution in [0.25, 0.3) is 0 Å². The molecule has 2 atom stereocenters. The molecular weight excluding hydrogens is 484 g/mol. The highest BCUT2D eigenvalue weighted by molar-refractivity contribution is 6.00. The van der Waals surface area contributed by atoms with Crippen molar-refractivity contribution < 1.29 is 27.5 Å². The molecule has 1 saturated heterocycles. The second-order valence-electron chi connectivity index (χ2n) is 9.47. The zero-order valence-electron chi connectivity index (χ0n) is 20.3. The van der Waals surface area contributed by atoms with Crippen LogP contribution in [0.5, 0.6) is 0 Å². The van der Waals surface area contributed by atoms with Gasteiger partial charge in [-0.3, -0.25) is 9.69 Å². The lowest BCUT2D eigenvalue weighted by Gasteiger charge is -2.40. The van der Waals surface area contributed by atoms with Crippen LogP contribution in [0.2, 0.25) is 0 Å². The number of nitrogens with one attached hydrogen (secondary N) is 1. The van der Waals surface area contributed by atoms with E-state index in [1.807, 2.05) is 30.3 Å². The molecule has 0 saturated carbocycles. The van der Waals surface area contributed by atoms with Gasteiger partial charge in [0.25, 0.3) is 0 Å². The molecule has 3 aromatic rings. The normalized spacial score (nSPS) is 17.8. The zero-order valence-corrected chi connectivity index (χ0v) is 20.3. The summed E-state index contributed by atoms with van der Waals surface area (Å²) in [5.41, 5.74) is -0.664. The summed E-state index contributed by atoms with van der Waals surface area (Å²) in [4.78, 5) is 14.7. The Morgan fingerprint density at radius 3 is 2.19 bits per heavy atom. The van der Waals surface area contributed by atoms with Gasteiger partial charge < -0.3 is 10.4 Å². The number of rotatable bonds is 9. The number of hydrogen-bond donors (Lipinski definition) is 2. The number of hydrogen-bond acceptors (Lipinski definition) is 4. The maximum absolute atomic E-state index is 15.5. The van der Waals surface area contributed by atoms with Crippen molar-refractivity contribution >= 4 is 5.78 Å². The van der Waals surface area contributed by atoms with Gasteiger partial charge in [0.2, 0.25) is 0 Å². The van der Waals surface area contributed by atoms with E-state index in [9.17, 15) is 23.1 Å². The minimum atomic E-state index is -4.51. The molecular formula is C29H30F4N2O2. The molecule has 4 nitrogen and oxygen atoms in total. The molecule has 4 rings (SSSR count). The van der Waals surface area contributed by atoms with Gasteiger partial charge in [0.05, 0.1) is 17.2 Å². The fraction of sp³-hybridized carbons (Fsp3) is 0.345. The number of nitrogens with zero attached hydrogens (tertiary/aromatic N) is 1. The first-order valence-electron chi connectivity index (χ1n) is 12.3. The SMILES string of the molecule is O=C(c1ccccc1)C(CC(F)N1CCC(O)(c2cccc(C(F)(F)F)c2)CC1)NCc1ccccc1. The summed E-state index contributed by atoms with van der Waals surface area (Å²) < 4.78 is 54.9.